The van der Waals surface area contributed by atoms with Crippen LogP contribution < -0.4 is 5.32 Å². The Morgan fingerprint density at radius 3 is 2.18 bits per heavy atom. The molecule has 1 rings (SSSR count). The van der Waals surface area contributed by atoms with Gasteiger partial charge in [-0.05, 0) is 25.5 Å². The molecule has 0 fully saturated rings. The second kappa shape index (κ2) is 6.15. The van der Waals surface area contributed by atoms with Crippen molar-refractivity contribution in [2.45, 2.75) is 26.3 Å². The van der Waals surface area contributed by atoms with Gasteiger partial charge < -0.3 is 10.4 Å². The van der Waals surface area contributed by atoms with Gasteiger partial charge in [0.2, 0.25) is 0 Å². The summed E-state index contributed by atoms with van der Waals surface area (Å²) in [4.78, 5) is 22.8. The molecule has 0 saturated carbocycles. The van der Waals surface area contributed by atoms with Gasteiger partial charge in [-0.15, -0.1) is 0 Å². The van der Waals surface area contributed by atoms with Crippen molar-refractivity contribution in [2.75, 3.05) is 6.61 Å². The molecule has 1 unspecified atom stereocenters. The number of benzene rings is 1. The average Bonchev–Trinajstić information content (AvgIpc) is 2.35. The van der Waals surface area contributed by atoms with E-state index < -0.39 is 0 Å². The first-order valence-electron chi connectivity index (χ1n) is 5.61. The normalized spacial score (nSPS) is 11.9. The molecule has 0 radical (unpaired) electrons. The Morgan fingerprint density at radius 1 is 1.24 bits per heavy atom. The Labute approximate surface area is 101 Å². The van der Waals surface area contributed by atoms with E-state index in [0.29, 0.717) is 17.5 Å². The minimum atomic E-state index is -0.235. The van der Waals surface area contributed by atoms with Crippen LogP contribution in [0.4, 0.5) is 0 Å². The van der Waals surface area contributed by atoms with Crippen molar-refractivity contribution < 1.29 is 14.7 Å². The highest BCUT2D eigenvalue weighted by Gasteiger charge is 2.11. The molecule has 0 spiro atoms. The number of rotatable bonds is 5. The molecular weight excluding hydrogens is 218 g/mol. The van der Waals surface area contributed by atoms with Crippen molar-refractivity contribution >= 4 is 11.7 Å². The number of ketones is 1. The zero-order valence-electron chi connectivity index (χ0n) is 10.1. The zero-order valence-corrected chi connectivity index (χ0v) is 10.1. The van der Waals surface area contributed by atoms with Gasteiger partial charge in [0.1, 0.15) is 0 Å². The van der Waals surface area contributed by atoms with E-state index in [9.17, 15) is 9.59 Å². The monoisotopic (exact) mass is 235 g/mol. The molecule has 0 heterocycles. The summed E-state index contributed by atoms with van der Waals surface area (Å²) in [5.41, 5.74) is 1.07. The SMILES string of the molecule is CCC(CO)NC(=O)c1ccc(C(C)=O)cc1. The van der Waals surface area contributed by atoms with Crippen LogP contribution in [-0.2, 0) is 0 Å². The first-order chi connectivity index (χ1) is 8.08. The fourth-order valence-corrected chi connectivity index (χ4v) is 1.40. The molecule has 1 aromatic carbocycles. The van der Waals surface area contributed by atoms with Gasteiger partial charge in [-0.3, -0.25) is 9.59 Å². The molecule has 92 valence electrons. The summed E-state index contributed by atoms with van der Waals surface area (Å²) in [6, 6.07) is 6.23. The Bertz CT molecular complexity index is 394. The largest absolute Gasteiger partial charge is 0.394 e. The van der Waals surface area contributed by atoms with Crippen LogP contribution in [0.1, 0.15) is 41.0 Å². The predicted octanol–water partition coefficient (Wildman–Crippen LogP) is 1.39. The summed E-state index contributed by atoms with van der Waals surface area (Å²) in [6.45, 7) is 3.29. The van der Waals surface area contributed by atoms with Gasteiger partial charge in [-0.2, -0.15) is 0 Å². The minimum Gasteiger partial charge on any atom is -0.394 e. The Morgan fingerprint density at radius 2 is 1.76 bits per heavy atom. The van der Waals surface area contributed by atoms with E-state index in [1.807, 2.05) is 6.92 Å². The second-order valence-electron chi connectivity index (χ2n) is 3.89. The molecule has 0 aliphatic rings. The number of hydrogen-bond donors (Lipinski definition) is 2. The summed E-state index contributed by atoms with van der Waals surface area (Å²) in [5, 5.41) is 11.7. The van der Waals surface area contributed by atoms with Crippen molar-refractivity contribution in [2.24, 2.45) is 0 Å². The molecule has 0 saturated heterocycles. The minimum absolute atomic E-state index is 0.0289. The fraction of sp³-hybridized carbons (Fsp3) is 0.385. The van der Waals surface area contributed by atoms with E-state index in [1.165, 1.54) is 6.92 Å². The third kappa shape index (κ3) is 3.67. The van der Waals surface area contributed by atoms with Crippen LogP contribution in [0.25, 0.3) is 0 Å². The number of hydrogen-bond acceptors (Lipinski definition) is 3. The predicted molar refractivity (Wildman–Crippen MR) is 65.1 cm³/mol. The van der Waals surface area contributed by atoms with Crippen molar-refractivity contribution in [1.29, 1.82) is 0 Å². The molecule has 1 atom stereocenters. The number of amides is 1. The Kier molecular flexibility index (Phi) is 4.84. The van der Waals surface area contributed by atoms with Gasteiger partial charge in [-0.25, -0.2) is 0 Å². The van der Waals surface area contributed by atoms with E-state index >= 15 is 0 Å². The van der Waals surface area contributed by atoms with Crippen LogP contribution in [-0.4, -0.2) is 29.4 Å². The van der Waals surface area contributed by atoms with Gasteiger partial charge in [-0.1, -0.05) is 19.1 Å². The van der Waals surface area contributed by atoms with Crippen LogP contribution in [0.3, 0.4) is 0 Å². The van der Waals surface area contributed by atoms with Crippen LogP contribution in [0.15, 0.2) is 24.3 Å². The smallest absolute Gasteiger partial charge is 0.251 e. The van der Waals surface area contributed by atoms with Crippen molar-refractivity contribution in [1.82, 2.24) is 5.32 Å². The van der Waals surface area contributed by atoms with Crippen molar-refractivity contribution in [3.05, 3.63) is 35.4 Å². The maximum Gasteiger partial charge on any atom is 0.251 e. The molecule has 0 aromatic heterocycles. The molecule has 0 aliphatic carbocycles. The highest BCUT2D eigenvalue weighted by molar-refractivity contribution is 5.97. The lowest BCUT2D eigenvalue weighted by Crippen LogP contribution is -2.36. The van der Waals surface area contributed by atoms with Crippen molar-refractivity contribution in [3.63, 3.8) is 0 Å². The standard InChI is InChI=1S/C13H17NO3/c1-3-12(8-15)14-13(17)11-6-4-10(5-7-11)9(2)16/h4-7,12,15H,3,8H2,1-2H3,(H,14,17). The van der Waals surface area contributed by atoms with Crippen molar-refractivity contribution in [3.8, 4) is 0 Å². The van der Waals surface area contributed by atoms with Gasteiger partial charge in [0.25, 0.3) is 5.91 Å². The maximum absolute atomic E-state index is 11.7. The quantitative estimate of drug-likeness (QED) is 0.758. The third-order valence-electron chi connectivity index (χ3n) is 2.60. The molecule has 1 aromatic rings. The number of nitrogens with one attached hydrogen (secondary N) is 1. The summed E-state index contributed by atoms with van der Waals surface area (Å²) < 4.78 is 0. The number of carbonyl (C=O) groups excluding carboxylic acids is 2. The summed E-state index contributed by atoms with van der Waals surface area (Å²) in [5.74, 6) is -0.264. The number of carbonyl (C=O) groups is 2. The summed E-state index contributed by atoms with van der Waals surface area (Å²) in [7, 11) is 0. The number of Topliss-reactive ketones (excluding diaryl/α,β-unsaturated/α-hetero) is 1. The van der Waals surface area contributed by atoms with Crippen LogP contribution in [0, 0.1) is 0 Å². The molecule has 0 aliphatic heterocycles. The maximum atomic E-state index is 11.7. The fourth-order valence-electron chi connectivity index (χ4n) is 1.40. The molecule has 2 N–H and O–H groups in total. The summed E-state index contributed by atoms with van der Waals surface area (Å²) >= 11 is 0. The second-order valence-corrected chi connectivity index (χ2v) is 3.89. The third-order valence-corrected chi connectivity index (χ3v) is 2.60. The highest BCUT2D eigenvalue weighted by Crippen LogP contribution is 2.05. The van der Waals surface area contributed by atoms with E-state index in [0.717, 1.165) is 0 Å². The van der Waals surface area contributed by atoms with Crippen LogP contribution in [0.5, 0.6) is 0 Å². The summed E-state index contributed by atoms with van der Waals surface area (Å²) in [6.07, 6.45) is 0.674. The Balaban J connectivity index is 2.73. The van der Waals surface area contributed by atoms with E-state index in [1.54, 1.807) is 24.3 Å². The molecule has 4 nitrogen and oxygen atoms in total. The lowest BCUT2D eigenvalue weighted by molar-refractivity contribution is 0.0913. The highest BCUT2D eigenvalue weighted by atomic mass is 16.3. The van der Waals surface area contributed by atoms with E-state index in [-0.39, 0.29) is 24.3 Å². The first-order valence-corrected chi connectivity index (χ1v) is 5.61. The topological polar surface area (TPSA) is 66.4 Å². The lowest BCUT2D eigenvalue weighted by atomic mass is 10.1. The van der Waals surface area contributed by atoms with Gasteiger partial charge in [0, 0.05) is 11.1 Å². The molecule has 1 amide bonds. The average molecular weight is 235 g/mol. The molecular formula is C13H17NO3. The first kappa shape index (κ1) is 13.4. The van der Waals surface area contributed by atoms with Gasteiger partial charge in [0.15, 0.2) is 5.78 Å². The van der Waals surface area contributed by atoms with Gasteiger partial charge >= 0.3 is 0 Å². The van der Waals surface area contributed by atoms with Crippen LogP contribution in [0.2, 0.25) is 0 Å². The number of aliphatic hydroxyl groups is 1. The zero-order chi connectivity index (χ0) is 12.8. The van der Waals surface area contributed by atoms with Gasteiger partial charge in [0.05, 0.1) is 12.6 Å². The van der Waals surface area contributed by atoms with Crippen LogP contribution >= 0.6 is 0 Å². The molecule has 0 bridgehead atoms. The van der Waals surface area contributed by atoms with E-state index in [2.05, 4.69) is 5.32 Å². The Hall–Kier alpha value is -1.68. The molecule has 17 heavy (non-hydrogen) atoms. The molecule has 4 heteroatoms. The lowest BCUT2D eigenvalue weighted by Gasteiger charge is -2.13. The van der Waals surface area contributed by atoms with E-state index in [4.69, 9.17) is 5.11 Å². The number of aliphatic hydroxyl groups excluding tert-OH is 1.